The summed E-state index contributed by atoms with van der Waals surface area (Å²) >= 11 is 1.86. The summed E-state index contributed by atoms with van der Waals surface area (Å²) in [7, 11) is 0. The third-order valence-electron chi connectivity index (χ3n) is 10.7. The molecule has 246 valence electrons. The van der Waals surface area contributed by atoms with Crippen LogP contribution in [0, 0.1) is 0 Å². The molecule has 0 aliphatic rings. The number of hydrogen-bond donors (Lipinski definition) is 0. The molecule has 0 aliphatic carbocycles. The molecule has 0 radical (unpaired) electrons. The van der Waals surface area contributed by atoms with Gasteiger partial charge in [0.2, 0.25) is 0 Å². The zero-order valence-electron chi connectivity index (χ0n) is 28.6. The molecular formula is C50H30N2S. The van der Waals surface area contributed by atoms with E-state index in [9.17, 15) is 0 Å². The molecule has 11 aromatic rings. The highest BCUT2D eigenvalue weighted by Crippen LogP contribution is 2.38. The van der Waals surface area contributed by atoms with Gasteiger partial charge in [0.25, 0.3) is 0 Å². The molecule has 11 rings (SSSR count). The van der Waals surface area contributed by atoms with Crippen LogP contribution in [0.1, 0.15) is 0 Å². The van der Waals surface area contributed by atoms with Crippen LogP contribution in [-0.2, 0) is 0 Å². The summed E-state index contributed by atoms with van der Waals surface area (Å²) in [6.45, 7) is 0. The van der Waals surface area contributed by atoms with Gasteiger partial charge in [-0.3, -0.25) is 4.98 Å². The second-order valence-electron chi connectivity index (χ2n) is 13.8. The number of thiophene rings is 1. The van der Waals surface area contributed by atoms with E-state index in [1.807, 2.05) is 17.5 Å². The standard InChI is InChI=1S/C50H30N2S/c1-3-16-43-40(13-1)41-14-2-4-17-44(41)50-49(43)51-30-46(52-50)39-12-8-11-33(28-39)35-20-22-36-26-34(19-21-37(36)27-35)31-9-7-10-32(25-31)38-23-24-48-45(29-38)42-15-5-6-18-47(42)53-48/h1-30H. The highest BCUT2D eigenvalue weighted by molar-refractivity contribution is 7.25. The molecule has 2 aromatic heterocycles. The maximum atomic E-state index is 5.23. The molecule has 0 fully saturated rings. The Kier molecular flexibility index (Phi) is 6.76. The highest BCUT2D eigenvalue weighted by atomic mass is 32.1. The molecule has 0 spiro atoms. The maximum absolute atomic E-state index is 5.23. The minimum atomic E-state index is 0.871. The third-order valence-corrected chi connectivity index (χ3v) is 11.8. The van der Waals surface area contributed by atoms with Gasteiger partial charge in [-0.05, 0) is 97.4 Å². The molecule has 0 bridgehead atoms. The van der Waals surface area contributed by atoms with E-state index in [1.54, 1.807) is 0 Å². The van der Waals surface area contributed by atoms with E-state index in [0.717, 1.165) is 38.6 Å². The Morgan fingerprint density at radius 3 is 1.49 bits per heavy atom. The van der Waals surface area contributed by atoms with E-state index in [2.05, 4.69) is 176 Å². The normalized spacial score (nSPS) is 11.8. The highest BCUT2D eigenvalue weighted by Gasteiger charge is 2.13. The van der Waals surface area contributed by atoms with Crippen molar-refractivity contribution < 1.29 is 0 Å². The van der Waals surface area contributed by atoms with E-state index in [4.69, 9.17) is 9.97 Å². The largest absolute Gasteiger partial charge is 0.252 e. The first-order valence-electron chi connectivity index (χ1n) is 18.0. The van der Waals surface area contributed by atoms with Crippen molar-refractivity contribution in [1.82, 2.24) is 9.97 Å². The molecule has 53 heavy (non-hydrogen) atoms. The average Bonchev–Trinajstić information content (AvgIpc) is 3.61. The van der Waals surface area contributed by atoms with Gasteiger partial charge in [-0.15, -0.1) is 11.3 Å². The van der Waals surface area contributed by atoms with Gasteiger partial charge in [-0.25, -0.2) is 4.98 Å². The Labute approximate surface area is 310 Å². The minimum Gasteiger partial charge on any atom is -0.252 e. The van der Waals surface area contributed by atoms with Gasteiger partial charge >= 0.3 is 0 Å². The lowest BCUT2D eigenvalue weighted by molar-refractivity contribution is 1.31. The molecule has 2 heterocycles. The van der Waals surface area contributed by atoms with Crippen molar-refractivity contribution in [2.75, 3.05) is 0 Å². The topological polar surface area (TPSA) is 25.8 Å². The summed E-state index contributed by atoms with van der Waals surface area (Å²) in [5.74, 6) is 0. The van der Waals surface area contributed by atoms with Crippen LogP contribution in [0.2, 0.25) is 0 Å². The van der Waals surface area contributed by atoms with Crippen molar-refractivity contribution in [3.8, 4) is 44.6 Å². The SMILES string of the molecule is c1cc(-c2ccc3cc(-c4cccc(-c5cnc6c7ccccc7c7ccccc7c6n5)c4)ccc3c2)cc(-c2ccc3sc4ccccc4c3c2)c1. The first kappa shape index (κ1) is 30.0. The number of aromatic nitrogens is 2. The summed E-state index contributed by atoms with van der Waals surface area (Å²) < 4.78 is 2.67. The molecule has 9 aromatic carbocycles. The van der Waals surface area contributed by atoms with Crippen LogP contribution in [0.4, 0.5) is 0 Å². The maximum Gasteiger partial charge on any atom is 0.0979 e. The minimum absolute atomic E-state index is 0.871. The predicted molar refractivity (Wildman–Crippen MR) is 227 cm³/mol. The van der Waals surface area contributed by atoms with Crippen LogP contribution in [0.25, 0.3) is 108 Å². The summed E-state index contributed by atoms with van der Waals surface area (Å²) in [4.78, 5) is 10.2. The molecule has 0 unspecified atom stereocenters. The first-order chi connectivity index (χ1) is 26.2. The third kappa shape index (κ3) is 5.01. The van der Waals surface area contributed by atoms with Gasteiger partial charge < -0.3 is 0 Å². The van der Waals surface area contributed by atoms with Crippen LogP contribution in [0.3, 0.4) is 0 Å². The van der Waals surface area contributed by atoms with Gasteiger partial charge in [0.05, 0.1) is 22.9 Å². The van der Waals surface area contributed by atoms with Crippen molar-refractivity contribution in [1.29, 1.82) is 0 Å². The summed E-state index contributed by atoms with van der Waals surface area (Å²) in [5, 5.41) is 9.76. The van der Waals surface area contributed by atoms with Gasteiger partial charge in [0.15, 0.2) is 0 Å². The number of rotatable bonds is 4. The van der Waals surface area contributed by atoms with Crippen LogP contribution >= 0.6 is 11.3 Å². The molecule has 3 heteroatoms. The Hall–Kier alpha value is -6.68. The molecule has 0 atom stereocenters. The van der Waals surface area contributed by atoms with Gasteiger partial charge in [-0.1, -0.05) is 133 Å². The molecule has 0 saturated carbocycles. The lowest BCUT2D eigenvalue weighted by Gasteiger charge is -2.11. The van der Waals surface area contributed by atoms with E-state index in [1.165, 1.54) is 69.5 Å². The monoisotopic (exact) mass is 690 g/mol. The fourth-order valence-corrected chi connectivity index (χ4v) is 9.10. The Morgan fingerprint density at radius 2 is 0.811 bits per heavy atom. The van der Waals surface area contributed by atoms with E-state index >= 15 is 0 Å². The molecule has 0 amide bonds. The quantitative estimate of drug-likeness (QED) is 0.172. The second-order valence-corrected chi connectivity index (χ2v) is 14.9. The smallest absolute Gasteiger partial charge is 0.0979 e. The Balaban J connectivity index is 0.926. The van der Waals surface area contributed by atoms with E-state index < -0.39 is 0 Å². The van der Waals surface area contributed by atoms with E-state index in [0.29, 0.717) is 0 Å². The summed E-state index contributed by atoms with van der Waals surface area (Å²) in [5.41, 5.74) is 11.0. The van der Waals surface area contributed by atoms with Gasteiger partial charge in [0, 0.05) is 36.5 Å². The number of benzene rings is 9. The van der Waals surface area contributed by atoms with Crippen molar-refractivity contribution in [3.63, 3.8) is 0 Å². The van der Waals surface area contributed by atoms with Crippen LogP contribution < -0.4 is 0 Å². The lowest BCUT2D eigenvalue weighted by Crippen LogP contribution is -1.92. The van der Waals surface area contributed by atoms with E-state index in [-0.39, 0.29) is 0 Å². The first-order valence-corrected chi connectivity index (χ1v) is 18.8. The average molecular weight is 691 g/mol. The van der Waals surface area contributed by atoms with Crippen molar-refractivity contribution in [2.45, 2.75) is 0 Å². The van der Waals surface area contributed by atoms with Gasteiger partial charge in [-0.2, -0.15) is 0 Å². The van der Waals surface area contributed by atoms with Crippen LogP contribution in [-0.4, -0.2) is 9.97 Å². The number of hydrogen-bond acceptors (Lipinski definition) is 3. The zero-order chi connectivity index (χ0) is 34.9. The van der Waals surface area contributed by atoms with Crippen molar-refractivity contribution >= 4 is 74.9 Å². The van der Waals surface area contributed by atoms with Crippen LogP contribution in [0.5, 0.6) is 0 Å². The molecule has 0 N–H and O–H groups in total. The Morgan fingerprint density at radius 1 is 0.321 bits per heavy atom. The summed E-state index contributed by atoms with van der Waals surface area (Å²) in [6.07, 6.45) is 1.92. The van der Waals surface area contributed by atoms with Gasteiger partial charge in [0.1, 0.15) is 0 Å². The lowest BCUT2D eigenvalue weighted by atomic mass is 9.95. The Bertz CT molecular complexity index is 3210. The molecule has 2 nitrogen and oxygen atoms in total. The van der Waals surface area contributed by atoms with Crippen molar-refractivity contribution in [2.24, 2.45) is 0 Å². The molecular weight excluding hydrogens is 661 g/mol. The van der Waals surface area contributed by atoms with Crippen LogP contribution in [0.15, 0.2) is 182 Å². The number of fused-ring (bicyclic) bond motifs is 10. The number of nitrogens with zero attached hydrogens (tertiary/aromatic N) is 2. The zero-order valence-corrected chi connectivity index (χ0v) is 29.4. The summed E-state index contributed by atoms with van der Waals surface area (Å²) in [6, 6.07) is 63.7. The molecule has 0 saturated heterocycles. The van der Waals surface area contributed by atoms with Crippen molar-refractivity contribution in [3.05, 3.63) is 182 Å². The fourth-order valence-electron chi connectivity index (χ4n) is 8.01. The predicted octanol–water partition coefficient (Wildman–Crippen LogP) is 14.1. The fraction of sp³-hybridized carbons (Fsp3) is 0. The molecule has 0 aliphatic heterocycles. The second kappa shape index (κ2) is 11.9.